The van der Waals surface area contributed by atoms with E-state index in [2.05, 4.69) is 36.8 Å². The van der Waals surface area contributed by atoms with Crippen LogP contribution in [0, 0.1) is 10.1 Å². The van der Waals surface area contributed by atoms with Gasteiger partial charge in [-0.15, -0.1) is 0 Å². The fourth-order valence-corrected chi connectivity index (χ4v) is 2.17. The van der Waals surface area contributed by atoms with Gasteiger partial charge in [-0.1, -0.05) is 15.9 Å². The molecule has 108 valence electrons. The fourth-order valence-electron chi connectivity index (χ4n) is 1.48. The first-order valence-corrected chi connectivity index (χ1v) is 6.97. The average Bonchev–Trinajstić information content (AvgIpc) is 2.42. The minimum Gasteiger partial charge on any atom is -0.477 e. The molecule has 0 amide bonds. The van der Waals surface area contributed by atoms with E-state index in [0.717, 1.165) is 0 Å². The van der Waals surface area contributed by atoms with Gasteiger partial charge in [0.15, 0.2) is 0 Å². The normalized spacial score (nSPS) is 10.2. The summed E-state index contributed by atoms with van der Waals surface area (Å²) >= 11 is 6.22. The molecule has 0 atom stereocenters. The lowest BCUT2D eigenvalue weighted by molar-refractivity contribution is -0.385. The van der Waals surface area contributed by atoms with Gasteiger partial charge in [0.2, 0.25) is 11.6 Å². The Kier molecular flexibility index (Phi) is 4.53. The van der Waals surface area contributed by atoms with E-state index in [0.29, 0.717) is 8.95 Å². The molecular formula is C12H6Br2N2O5. The predicted molar refractivity (Wildman–Crippen MR) is 79.8 cm³/mol. The highest BCUT2D eigenvalue weighted by Gasteiger charge is 2.20. The van der Waals surface area contributed by atoms with E-state index >= 15 is 0 Å². The standard InChI is InChI=1S/C12H6Br2N2O5/c13-6-1-2-10(9(4-6)16(19)20)21-11-8(12(17)18)3-7(14)5-15-11/h1-5H,(H,17,18). The van der Waals surface area contributed by atoms with E-state index in [1.807, 2.05) is 0 Å². The molecule has 1 aromatic carbocycles. The number of aromatic carboxylic acids is 1. The Morgan fingerprint density at radius 2 is 2.00 bits per heavy atom. The van der Waals surface area contributed by atoms with Crippen LogP contribution in [0.5, 0.6) is 11.6 Å². The van der Waals surface area contributed by atoms with Crippen LogP contribution < -0.4 is 4.74 Å². The number of carboxylic acids is 1. The van der Waals surface area contributed by atoms with Crippen LogP contribution in [0.15, 0.2) is 39.4 Å². The van der Waals surface area contributed by atoms with Crippen molar-refractivity contribution in [3.8, 4) is 11.6 Å². The minimum atomic E-state index is -1.25. The molecule has 0 fully saturated rings. The molecule has 0 saturated heterocycles. The largest absolute Gasteiger partial charge is 0.477 e. The number of aromatic nitrogens is 1. The molecule has 1 aromatic heterocycles. The first-order valence-electron chi connectivity index (χ1n) is 5.39. The number of carbonyl (C=O) groups is 1. The van der Waals surface area contributed by atoms with Crippen LogP contribution in [-0.4, -0.2) is 21.0 Å². The fraction of sp³-hybridized carbons (Fsp3) is 0. The zero-order valence-corrected chi connectivity index (χ0v) is 13.3. The number of rotatable bonds is 4. The zero-order valence-electron chi connectivity index (χ0n) is 10.1. The molecule has 0 aliphatic rings. The molecule has 1 N–H and O–H groups in total. The van der Waals surface area contributed by atoms with Gasteiger partial charge < -0.3 is 9.84 Å². The zero-order chi connectivity index (χ0) is 15.6. The maximum Gasteiger partial charge on any atom is 0.341 e. The highest BCUT2D eigenvalue weighted by atomic mass is 79.9. The summed E-state index contributed by atoms with van der Waals surface area (Å²) in [7, 11) is 0. The molecule has 9 heteroatoms. The molecule has 21 heavy (non-hydrogen) atoms. The summed E-state index contributed by atoms with van der Waals surface area (Å²) in [5.41, 5.74) is -0.507. The average molecular weight is 418 g/mol. The molecule has 0 bridgehead atoms. The van der Waals surface area contributed by atoms with Crippen LogP contribution in [0.2, 0.25) is 0 Å². The topological polar surface area (TPSA) is 103 Å². The van der Waals surface area contributed by atoms with Crippen molar-refractivity contribution in [2.75, 3.05) is 0 Å². The van der Waals surface area contributed by atoms with Gasteiger partial charge >= 0.3 is 11.7 Å². The molecule has 0 saturated carbocycles. The summed E-state index contributed by atoms with van der Waals surface area (Å²) in [5.74, 6) is -1.57. The Hall–Kier alpha value is -2.00. The number of hydrogen-bond acceptors (Lipinski definition) is 5. The van der Waals surface area contributed by atoms with Crippen molar-refractivity contribution in [3.63, 3.8) is 0 Å². The first-order chi connectivity index (χ1) is 9.88. The smallest absolute Gasteiger partial charge is 0.341 e. The number of benzene rings is 1. The van der Waals surface area contributed by atoms with E-state index in [1.165, 1.54) is 24.4 Å². The van der Waals surface area contributed by atoms with Gasteiger partial charge in [0, 0.05) is 21.2 Å². The van der Waals surface area contributed by atoms with Gasteiger partial charge in [0.25, 0.3) is 0 Å². The van der Waals surface area contributed by atoms with Crippen molar-refractivity contribution in [1.82, 2.24) is 4.98 Å². The number of halogens is 2. The number of nitro groups is 1. The van der Waals surface area contributed by atoms with Crippen LogP contribution in [0.1, 0.15) is 10.4 Å². The predicted octanol–water partition coefficient (Wildman–Crippen LogP) is 4.01. The maximum atomic E-state index is 11.2. The van der Waals surface area contributed by atoms with E-state index in [4.69, 9.17) is 9.84 Å². The van der Waals surface area contributed by atoms with Gasteiger partial charge in [-0.3, -0.25) is 10.1 Å². The SMILES string of the molecule is O=C(O)c1cc(Br)cnc1Oc1ccc(Br)cc1[N+](=O)[O-]. The van der Waals surface area contributed by atoms with Crippen LogP contribution >= 0.6 is 31.9 Å². The monoisotopic (exact) mass is 416 g/mol. The molecule has 7 nitrogen and oxygen atoms in total. The Labute approximate surface area is 135 Å². The van der Waals surface area contributed by atoms with Crippen LogP contribution in [0.25, 0.3) is 0 Å². The summed E-state index contributed by atoms with van der Waals surface area (Å²) in [4.78, 5) is 25.4. The lowest BCUT2D eigenvalue weighted by atomic mass is 10.2. The van der Waals surface area contributed by atoms with Crippen molar-refractivity contribution in [2.24, 2.45) is 0 Å². The summed E-state index contributed by atoms with van der Waals surface area (Å²) in [6.45, 7) is 0. The second-order valence-electron chi connectivity index (χ2n) is 3.78. The van der Waals surface area contributed by atoms with Crippen molar-refractivity contribution in [2.45, 2.75) is 0 Å². The highest BCUT2D eigenvalue weighted by Crippen LogP contribution is 2.34. The van der Waals surface area contributed by atoms with Gasteiger partial charge in [-0.25, -0.2) is 9.78 Å². The number of nitrogens with zero attached hydrogens (tertiary/aromatic N) is 2. The number of hydrogen-bond donors (Lipinski definition) is 1. The number of nitro benzene ring substituents is 1. The number of pyridine rings is 1. The summed E-state index contributed by atoms with van der Waals surface area (Å²) in [5, 5.41) is 20.1. The van der Waals surface area contributed by atoms with Crippen molar-refractivity contribution < 1.29 is 19.6 Å². The molecule has 1 heterocycles. The second kappa shape index (κ2) is 6.19. The molecule has 0 unspecified atom stereocenters. The van der Waals surface area contributed by atoms with Gasteiger partial charge in [-0.2, -0.15) is 0 Å². The third kappa shape index (κ3) is 3.56. The molecule has 0 aliphatic heterocycles. The molecule has 2 aromatic rings. The quantitative estimate of drug-likeness (QED) is 0.595. The molecule has 0 radical (unpaired) electrons. The Morgan fingerprint density at radius 1 is 1.29 bits per heavy atom. The summed E-state index contributed by atoms with van der Waals surface area (Å²) in [6.07, 6.45) is 1.34. The summed E-state index contributed by atoms with van der Waals surface area (Å²) < 4.78 is 6.26. The second-order valence-corrected chi connectivity index (χ2v) is 5.61. The van der Waals surface area contributed by atoms with Crippen molar-refractivity contribution >= 4 is 43.5 Å². The number of carboxylic acid groups (broad SMARTS) is 1. The van der Waals surface area contributed by atoms with Gasteiger partial charge in [0.1, 0.15) is 5.56 Å². The van der Waals surface area contributed by atoms with Crippen molar-refractivity contribution in [3.05, 3.63) is 55.1 Å². The van der Waals surface area contributed by atoms with E-state index in [9.17, 15) is 14.9 Å². The minimum absolute atomic E-state index is 0.0967. The van der Waals surface area contributed by atoms with Crippen LogP contribution in [0.4, 0.5) is 5.69 Å². The van der Waals surface area contributed by atoms with Crippen LogP contribution in [0.3, 0.4) is 0 Å². The molecule has 0 spiro atoms. The van der Waals surface area contributed by atoms with Gasteiger partial charge in [0.05, 0.1) is 4.92 Å². The van der Waals surface area contributed by atoms with E-state index in [-0.39, 0.29) is 22.9 Å². The van der Waals surface area contributed by atoms with Crippen molar-refractivity contribution in [1.29, 1.82) is 0 Å². The first kappa shape index (κ1) is 15.4. The van der Waals surface area contributed by atoms with E-state index in [1.54, 1.807) is 6.07 Å². The Bertz CT molecular complexity index is 674. The molecular weight excluding hydrogens is 412 g/mol. The molecule has 0 aliphatic carbocycles. The third-order valence-electron chi connectivity index (χ3n) is 2.37. The summed E-state index contributed by atoms with van der Waals surface area (Å²) in [6, 6.07) is 5.46. The highest BCUT2D eigenvalue weighted by molar-refractivity contribution is 9.10. The lowest BCUT2D eigenvalue weighted by Crippen LogP contribution is -2.03. The number of ether oxygens (including phenoxy) is 1. The maximum absolute atomic E-state index is 11.2. The van der Waals surface area contributed by atoms with E-state index < -0.39 is 10.9 Å². The third-order valence-corrected chi connectivity index (χ3v) is 3.30. The Morgan fingerprint density at radius 3 is 2.62 bits per heavy atom. The lowest BCUT2D eigenvalue weighted by Gasteiger charge is -2.08. The molecule has 2 rings (SSSR count). The van der Waals surface area contributed by atoms with Gasteiger partial charge in [-0.05, 0) is 34.1 Å². The Balaban J connectivity index is 2.48. The van der Waals surface area contributed by atoms with Crippen LogP contribution in [-0.2, 0) is 0 Å².